The standard InChI is InChI=1S/C36H41ClN8O4S/c1-4-26(2)45-35(46)44(25-39-45)31-11-9-29(10-12-31)42-17-19-43(20-18-42)30-13-15-32(16-14-30)47-21-33-22-48-36(49-33,27-5-7-28(37)8-6-27)23-50-34-40-38-24-41(34)3/h5-16,24-26,33H,4,17-23H2,1-3H3/t26?,33-,36?/m1/s1. The van der Waals surface area contributed by atoms with E-state index in [1.165, 1.54) is 11.8 Å². The van der Waals surface area contributed by atoms with Crippen molar-refractivity contribution in [3.05, 3.63) is 107 Å². The van der Waals surface area contributed by atoms with Gasteiger partial charge >= 0.3 is 5.69 Å². The number of hydrogen-bond acceptors (Lipinski definition) is 10. The SMILES string of the molecule is CCC(C)n1ncn(-c2ccc(N3CCN(c4ccc(OC[C@@H]5COC(CSc6nncn6C)(c6ccc(Cl)cc6)O5)cc4)CC3)cc2)c1=O. The van der Waals surface area contributed by atoms with E-state index in [0.29, 0.717) is 24.0 Å². The molecule has 2 saturated heterocycles. The maximum Gasteiger partial charge on any atom is 0.350 e. The first-order valence-corrected chi connectivity index (χ1v) is 18.2. The molecule has 7 rings (SSSR count). The fraction of sp³-hybridized carbons (Fsp3) is 0.389. The van der Waals surface area contributed by atoms with Crippen LogP contribution in [-0.4, -0.2) is 80.4 Å². The van der Waals surface area contributed by atoms with Crippen molar-refractivity contribution in [1.82, 2.24) is 29.1 Å². The summed E-state index contributed by atoms with van der Waals surface area (Å²) in [6.07, 6.45) is 3.88. The van der Waals surface area contributed by atoms with Gasteiger partial charge in [0.1, 0.15) is 31.1 Å². The first kappa shape index (κ1) is 34.2. The molecule has 2 aliphatic rings. The fourth-order valence-electron chi connectivity index (χ4n) is 6.18. The van der Waals surface area contributed by atoms with E-state index in [1.807, 2.05) is 67.1 Å². The Labute approximate surface area is 300 Å². The molecule has 5 aromatic rings. The third kappa shape index (κ3) is 7.27. The molecule has 3 atom stereocenters. The summed E-state index contributed by atoms with van der Waals surface area (Å²) < 4.78 is 24.1. The molecule has 2 unspecified atom stereocenters. The lowest BCUT2D eigenvalue weighted by molar-refractivity contribution is -0.160. The maximum absolute atomic E-state index is 12.8. The highest BCUT2D eigenvalue weighted by molar-refractivity contribution is 7.99. The van der Waals surface area contributed by atoms with Crippen LogP contribution in [0.25, 0.3) is 5.69 Å². The highest BCUT2D eigenvalue weighted by Gasteiger charge is 2.44. The van der Waals surface area contributed by atoms with Crippen LogP contribution >= 0.6 is 23.4 Å². The van der Waals surface area contributed by atoms with Crippen LogP contribution < -0.4 is 20.2 Å². The molecule has 2 fully saturated rings. The van der Waals surface area contributed by atoms with Crippen LogP contribution in [0.1, 0.15) is 31.9 Å². The summed E-state index contributed by atoms with van der Waals surface area (Å²) in [5.41, 5.74) is 3.90. The van der Waals surface area contributed by atoms with Gasteiger partial charge in [0, 0.05) is 55.2 Å². The third-order valence-corrected chi connectivity index (χ3v) is 10.7. The molecule has 0 saturated carbocycles. The van der Waals surface area contributed by atoms with Crippen LogP contribution in [0.2, 0.25) is 5.02 Å². The van der Waals surface area contributed by atoms with Gasteiger partial charge in [0.05, 0.1) is 24.1 Å². The highest BCUT2D eigenvalue weighted by atomic mass is 35.5. The molecule has 0 aliphatic carbocycles. The number of aryl methyl sites for hydroxylation is 1. The lowest BCUT2D eigenvalue weighted by Crippen LogP contribution is -2.46. The summed E-state index contributed by atoms with van der Waals surface area (Å²) in [5, 5.41) is 13.9. The number of rotatable bonds is 12. The fourth-order valence-corrected chi connectivity index (χ4v) is 7.30. The number of thioether (sulfide) groups is 1. The van der Waals surface area contributed by atoms with Crippen LogP contribution in [0.5, 0.6) is 5.75 Å². The Kier molecular flexibility index (Phi) is 10.2. The Morgan fingerprint density at radius 3 is 2.20 bits per heavy atom. The molecule has 50 heavy (non-hydrogen) atoms. The summed E-state index contributed by atoms with van der Waals surface area (Å²) in [6, 6.07) is 24.0. The van der Waals surface area contributed by atoms with Gasteiger partial charge in [0.2, 0.25) is 5.79 Å². The number of anilines is 2. The average molecular weight is 717 g/mol. The Balaban J connectivity index is 0.914. The molecule has 3 aromatic carbocycles. The zero-order valence-electron chi connectivity index (χ0n) is 28.4. The zero-order valence-corrected chi connectivity index (χ0v) is 30.0. The van der Waals surface area contributed by atoms with Gasteiger partial charge in [-0.25, -0.2) is 14.0 Å². The van der Waals surface area contributed by atoms with Crippen molar-refractivity contribution in [3.8, 4) is 11.4 Å². The molecule has 2 aliphatic heterocycles. The Morgan fingerprint density at radius 1 is 0.940 bits per heavy atom. The number of piperazine rings is 1. The van der Waals surface area contributed by atoms with Gasteiger partial charge in [-0.3, -0.25) is 0 Å². The second-order valence-corrected chi connectivity index (χ2v) is 14.0. The monoisotopic (exact) mass is 716 g/mol. The van der Waals surface area contributed by atoms with Gasteiger partial charge in [-0.05, 0) is 74.0 Å². The number of benzene rings is 3. The van der Waals surface area contributed by atoms with E-state index in [9.17, 15) is 4.79 Å². The summed E-state index contributed by atoms with van der Waals surface area (Å²) in [5.74, 6) is 0.319. The zero-order chi connectivity index (χ0) is 34.7. The molecule has 12 nitrogen and oxygen atoms in total. The molecular formula is C36H41ClN8O4S. The smallest absolute Gasteiger partial charge is 0.350 e. The minimum Gasteiger partial charge on any atom is -0.491 e. The first-order valence-electron chi connectivity index (χ1n) is 16.9. The van der Waals surface area contributed by atoms with Crippen LogP contribution in [0.15, 0.2) is 95.4 Å². The molecule has 0 bridgehead atoms. The summed E-state index contributed by atoms with van der Waals surface area (Å²) >= 11 is 7.70. The minimum atomic E-state index is -0.958. The molecule has 2 aromatic heterocycles. The molecule has 262 valence electrons. The van der Waals surface area contributed by atoms with Crippen molar-refractivity contribution in [3.63, 3.8) is 0 Å². The lowest BCUT2D eigenvalue weighted by atomic mass is 10.1. The predicted octanol–water partition coefficient (Wildman–Crippen LogP) is 5.55. The first-order chi connectivity index (χ1) is 24.3. The second kappa shape index (κ2) is 14.9. The van der Waals surface area contributed by atoms with E-state index < -0.39 is 5.79 Å². The lowest BCUT2D eigenvalue weighted by Gasteiger charge is -2.37. The van der Waals surface area contributed by atoms with Crippen molar-refractivity contribution >= 4 is 34.7 Å². The number of aromatic nitrogens is 6. The highest BCUT2D eigenvalue weighted by Crippen LogP contribution is 2.39. The Bertz CT molecular complexity index is 1920. The molecule has 0 radical (unpaired) electrons. The van der Waals surface area contributed by atoms with E-state index in [0.717, 1.165) is 66.1 Å². The van der Waals surface area contributed by atoms with Crippen LogP contribution in [0.4, 0.5) is 11.4 Å². The number of hydrogen-bond donors (Lipinski definition) is 0. The maximum atomic E-state index is 12.8. The van der Waals surface area contributed by atoms with Crippen molar-refractivity contribution in [2.24, 2.45) is 7.05 Å². The molecule has 0 amide bonds. The molecule has 4 heterocycles. The van der Waals surface area contributed by atoms with Gasteiger partial charge in [-0.2, -0.15) is 5.10 Å². The summed E-state index contributed by atoms with van der Waals surface area (Å²) in [6.45, 7) is 8.40. The van der Waals surface area contributed by atoms with Crippen molar-refractivity contribution < 1.29 is 14.2 Å². The largest absolute Gasteiger partial charge is 0.491 e. The number of halogens is 1. The van der Waals surface area contributed by atoms with Crippen LogP contribution in [0, 0.1) is 0 Å². The Morgan fingerprint density at radius 2 is 1.58 bits per heavy atom. The third-order valence-electron chi connectivity index (χ3n) is 9.32. The quantitative estimate of drug-likeness (QED) is 0.153. The normalized spacial score (nSPS) is 20.0. The van der Waals surface area contributed by atoms with Gasteiger partial charge in [-0.15, -0.1) is 10.2 Å². The van der Waals surface area contributed by atoms with E-state index in [1.54, 1.807) is 21.9 Å². The van der Waals surface area contributed by atoms with Crippen LogP contribution in [-0.2, 0) is 22.3 Å². The van der Waals surface area contributed by atoms with E-state index >= 15 is 0 Å². The number of nitrogens with zero attached hydrogens (tertiary/aromatic N) is 8. The van der Waals surface area contributed by atoms with E-state index in [-0.39, 0.29) is 17.8 Å². The van der Waals surface area contributed by atoms with Crippen molar-refractivity contribution in [2.75, 3.05) is 54.9 Å². The van der Waals surface area contributed by atoms with Gasteiger partial charge in [0.15, 0.2) is 5.16 Å². The molecule has 0 N–H and O–H groups in total. The average Bonchev–Trinajstić information content (AvgIpc) is 3.88. The summed E-state index contributed by atoms with van der Waals surface area (Å²) in [4.78, 5) is 17.6. The minimum absolute atomic E-state index is 0.0680. The van der Waals surface area contributed by atoms with Crippen molar-refractivity contribution in [2.45, 2.75) is 43.4 Å². The summed E-state index contributed by atoms with van der Waals surface area (Å²) in [7, 11) is 1.91. The number of ether oxygens (including phenoxy) is 3. The van der Waals surface area contributed by atoms with Crippen LogP contribution in [0.3, 0.4) is 0 Å². The van der Waals surface area contributed by atoms with Gasteiger partial charge in [-0.1, -0.05) is 42.4 Å². The van der Waals surface area contributed by atoms with Gasteiger partial charge < -0.3 is 28.6 Å². The predicted molar refractivity (Wildman–Crippen MR) is 195 cm³/mol. The molecular weight excluding hydrogens is 676 g/mol. The molecule has 14 heteroatoms. The Hall–Kier alpha value is -4.30. The topological polar surface area (TPSA) is 105 Å². The van der Waals surface area contributed by atoms with E-state index in [4.69, 9.17) is 25.8 Å². The van der Waals surface area contributed by atoms with Crippen molar-refractivity contribution in [1.29, 1.82) is 0 Å². The van der Waals surface area contributed by atoms with E-state index in [2.05, 4.69) is 56.3 Å². The molecule has 0 spiro atoms. The van der Waals surface area contributed by atoms with Gasteiger partial charge in [0.25, 0.3) is 0 Å². The second-order valence-electron chi connectivity index (χ2n) is 12.6.